The monoisotopic (exact) mass is 1720 g/mol. The maximum atomic E-state index is 11.8. The molecule has 0 N–H and O–H groups in total. The van der Waals surface area contributed by atoms with Crippen molar-refractivity contribution in [3.05, 3.63) is 232 Å². The zero-order valence-corrected chi connectivity index (χ0v) is 84.9. The third-order valence-electron chi connectivity index (χ3n) is 27.3. The number of hydrogen-bond donors (Lipinski definition) is 0. The van der Waals surface area contributed by atoms with Gasteiger partial charge in [0.15, 0.2) is 18.4 Å². The van der Waals surface area contributed by atoms with E-state index >= 15 is 0 Å². The highest BCUT2D eigenvalue weighted by atomic mass is 16.7. The van der Waals surface area contributed by atoms with Crippen LogP contribution >= 0.6 is 0 Å². The number of esters is 2. The van der Waals surface area contributed by atoms with Gasteiger partial charge in [-0.25, -0.2) is 9.59 Å². The summed E-state index contributed by atoms with van der Waals surface area (Å²) in [7, 11) is 0. The van der Waals surface area contributed by atoms with Crippen LogP contribution in [0.5, 0.6) is 17.2 Å². The van der Waals surface area contributed by atoms with Crippen molar-refractivity contribution in [2.45, 2.75) is 356 Å². The lowest BCUT2D eigenvalue weighted by atomic mass is 9.76. The quantitative estimate of drug-likeness (QED) is 0.0311. The van der Waals surface area contributed by atoms with Gasteiger partial charge in [-0.3, -0.25) is 9.59 Å². The standard InChI is InChI=1S/C38H48O6.C32H44O2.C25H32O.C9H18O.2C5H8O/c1-21(2)37(39)43-19-41-32-15-13-31(14-16-32)35-27(9)23(5)33(24(6)28(35)10)17-18-34-25(7)29(11)36(30(12)26(34)8)42-20-44-38(40)22(3)4;1-11-33-28-15-13-27(14-16-28)31-23(7)19(3)29(20(4)24(31)8)17-18-30-21(5)25(9)32(34-12-2)26(10)22(30)6;1-11-26-25-21(9)19(7)24(20(8)22(25)10)13-12-23-17(5)15(3)14(2)16(4)18(23)6;1-3-10-9-6-4-8(2)5-7-9;2*1-4(2)5(3)6/h31-32H,1,3,13-16,19-20H2,2,4-12H3;27-28H,11-16H2,1-10H3;11H2,1-10H3;8-9H,3-7H2,1-2H3;2*1H2,2-3H3. The zero-order chi connectivity index (χ0) is 95.5. The predicted molar refractivity (Wildman–Crippen MR) is 526 cm³/mol. The Bertz CT molecular complexity index is 4950. The number of hydrogen-bond acceptors (Lipinski definition) is 12. The molecule has 0 heterocycles. The van der Waals surface area contributed by atoms with Crippen LogP contribution in [-0.2, 0) is 42.9 Å². The summed E-state index contributed by atoms with van der Waals surface area (Å²) in [5, 5.41) is 0. The highest BCUT2D eigenvalue weighted by molar-refractivity contribution is 5.92. The van der Waals surface area contributed by atoms with Gasteiger partial charge in [-0.1, -0.05) is 68.8 Å². The average molecular weight is 1720 g/mol. The molecule has 0 aliphatic heterocycles. The Morgan fingerprint density at radius 1 is 0.262 bits per heavy atom. The summed E-state index contributed by atoms with van der Waals surface area (Å²) < 4.78 is 45.3. The van der Waals surface area contributed by atoms with Crippen LogP contribution in [0.25, 0.3) is 0 Å². The number of Topliss-reactive ketones (excluding diaryl/α,β-unsaturated/α-hetero) is 2. The van der Waals surface area contributed by atoms with E-state index in [1.165, 1.54) is 199 Å². The summed E-state index contributed by atoms with van der Waals surface area (Å²) in [6.07, 6.45) is 15.1. The minimum Gasteiger partial charge on any atom is -0.493 e. The predicted octanol–water partition coefficient (Wildman–Crippen LogP) is 27.3. The van der Waals surface area contributed by atoms with Crippen molar-refractivity contribution >= 4 is 23.5 Å². The first-order valence-electron chi connectivity index (χ1n) is 45.9. The van der Waals surface area contributed by atoms with E-state index in [-0.39, 0.29) is 31.3 Å². The normalized spacial score (nSPS) is 16.1. The van der Waals surface area contributed by atoms with Gasteiger partial charge in [0.05, 0.1) is 31.5 Å². The molecule has 6 aromatic rings. The fraction of sp³-hybridized carbons (Fsp3) is 0.526. The third kappa shape index (κ3) is 28.5. The molecule has 12 heteroatoms. The van der Waals surface area contributed by atoms with E-state index in [2.05, 4.69) is 242 Å². The van der Waals surface area contributed by atoms with E-state index in [9.17, 15) is 19.2 Å². The van der Waals surface area contributed by atoms with E-state index in [4.69, 9.17) is 37.9 Å². The number of ether oxygens (including phenoxy) is 8. The van der Waals surface area contributed by atoms with Gasteiger partial charge in [0, 0.05) is 57.7 Å². The van der Waals surface area contributed by atoms with E-state index in [1.54, 1.807) is 33.3 Å². The fourth-order valence-corrected chi connectivity index (χ4v) is 17.2. The SMILES string of the molecule is C=C(C)C(=O)OCOc1c(C)c(C)c(C#Cc2c(C)c(C)c(C3CCC(OCOC(=O)C(=C)C)CC3)c(C)c2C)c(C)c1C.C=C(C)C(C)=O.C=C(C)C(C)=O.CCOC1CCC(C)CC1.CCOc1c(C)c(C)c(C#Cc2c(C)c(C)c(C)c(C)c2C)c(C)c1C.CCOc1c(C)c(C)c(C#Cc2c(C)c(C)c(C3CCC(OCC)CC3)c(C)c2C)c(C)c1C. The van der Waals surface area contributed by atoms with Gasteiger partial charge < -0.3 is 37.9 Å². The first kappa shape index (κ1) is 109. The number of carbonyl (C=O) groups is 4. The molecule has 12 nitrogen and oxygen atoms in total. The van der Waals surface area contributed by atoms with Gasteiger partial charge in [-0.05, 0) is 498 Å². The second-order valence-corrected chi connectivity index (χ2v) is 35.7. The summed E-state index contributed by atoms with van der Waals surface area (Å²) >= 11 is 0. The Morgan fingerprint density at radius 2 is 0.468 bits per heavy atom. The second-order valence-electron chi connectivity index (χ2n) is 35.7. The molecule has 0 bridgehead atoms. The molecule has 3 aliphatic rings. The smallest absolute Gasteiger partial charge is 0.335 e. The number of ketones is 2. The van der Waals surface area contributed by atoms with Crippen LogP contribution in [0.4, 0.5) is 0 Å². The molecule has 0 radical (unpaired) electrons. The van der Waals surface area contributed by atoms with E-state index in [0.717, 1.165) is 107 Å². The molecule has 6 aromatic carbocycles. The van der Waals surface area contributed by atoms with Crippen LogP contribution in [0.1, 0.15) is 349 Å². The van der Waals surface area contributed by atoms with Crippen LogP contribution in [-0.4, -0.2) is 81.8 Å². The summed E-state index contributed by atoms with van der Waals surface area (Å²) in [6, 6.07) is 0. The van der Waals surface area contributed by atoms with Gasteiger partial charge >= 0.3 is 11.9 Å². The van der Waals surface area contributed by atoms with Crippen LogP contribution in [0.15, 0.2) is 48.6 Å². The van der Waals surface area contributed by atoms with Crippen LogP contribution in [0.2, 0.25) is 0 Å². The Kier molecular flexibility index (Phi) is 44.0. The topological polar surface area (TPSA) is 142 Å². The van der Waals surface area contributed by atoms with E-state index < -0.39 is 11.9 Å². The first-order valence-corrected chi connectivity index (χ1v) is 45.9. The lowest BCUT2D eigenvalue weighted by Crippen LogP contribution is -2.24. The fourth-order valence-electron chi connectivity index (χ4n) is 17.2. The lowest BCUT2D eigenvalue weighted by Gasteiger charge is -2.32. The van der Waals surface area contributed by atoms with Gasteiger partial charge in [-0.15, -0.1) is 0 Å². The van der Waals surface area contributed by atoms with Crippen molar-refractivity contribution in [1.29, 1.82) is 0 Å². The minimum absolute atomic E-state index is 0.0245. The van der Waals surface area contributed by atoms with E-state index in [1.807, 2.05) is 27.7 Å². The Balaban J connectivity index is 0.000000359. The Morgan fingerprint density at radius 3 is 0.698 bits per heavy atom. The molecule has 686 valence electrons. The molecule has 0 unspecified atom stereocenters. The summed E-state index contributed by atoms with van der Waals surface area (Å²) in [5.41, 5.74) is 42.7. The van der Waals surface area contributed by atoms with Crippen molar-refractivity contribution in [3.63, 3.8) is 0 Å². The van der Waals surface area contributed by atoms with Crippen LogP contribution in [0.3, 0.4) is 0 Å². The molecule has 3 aliphatic carbocycles. The van der Waals surface area contributed by atoms with Gasteiger partial charge in [0.1, 0.15) is 17.2 Å². The van der Waals surface area contributed by atoms with Crippen LogP contribution in [0, 0.1) is 215 Å². The molecule has 0 amide bonds. The number of rotatable bonds is 20. The zero-order valence-electron chi connectivity index (χ0n) is 84.9. The van der Waals surface area contributed by atoms with Crippen molar-refractivity contribution in [1.82, 2.24) is 0 Å². The van der Waals surface area contributed by atoms with Gasteiger partial charge in [-0.2, -0.15) is 0 Å². The van der Waals surface area contributed by atoms with Crippen molar-refractivity contribution < 1.29 is 57.1 Å². The van der Waals surface area contributed by atoms with Gasteiger partial charge in [0.25, 0.3) is 0 Å². The third-order valence-corrected chi connectivity index (χ3v) is 27.3. The van der Waals surface area contributed by atoms with Gasteiger partial charge in [0.2, 0.25) is 6.79 Å². The molecule has 0 saturated heterocycles. The summed E-state index contributed by atoms with van der Waals surface area (Å²) in [5.74, 6) is 25.3. The Hall–Kier alpha value is -9.48. The molecular weight excluding hydrogens is 1560 g/mol. The maximum Gasteiger partial charge on any atom is 0.335 e. The lowest BCUT2D eigenvalue weighted by molar-refractivity contribution is -0.157. The number of benzene rings is 6. The number of allylic oxidation sites excluding steroid dienone is 2. The Labute approximate surface area is 763 Å². The van der Waals surface area contributed by atoms with Crippen molar-refractivity contribution in [2.75, 3.05) is 40.0 Å². The van der Waals surface area contributed by atoms with Crippen molar-refractivity contribution in [3.8, 4) is 52.8 Å². The molecule has 126 heavy (non-hydrogen) atoms. The average Bonchev–Trinajstić information content (AvgIpc) is 0.777. The molecule has 3 fully saturated rings. The molecule has 0 aromatic heterocycles. The second kappa shape index (κ2) is 50.9. The highest BCUT2D eigenvalue weighted by Crippen LogP contribution is 2.44. The molecular formula is C114H158O12. The molecule has 3 saturated carbocycles. The molecule has 0 spiro atoms. The largest absolute Gasteiger partial charge is 0.493 e. The summed E-state index contributed by atoms with van der Waals surface area (Å²) in [6.45, 7) is 91.4. The maximum absolute atomic E-state index is 11.8. The van der Waals surface area contributed by atoms with E-state index in [0.29, 0.717) is 59.5 Å². The summed E-state index contributed by atoms with van der Waals surface area (Å²) in [4.78, 5) is 43.5. The minimum atomic E-state index is -0.473. The van der Waals surface area contributed by atoms with Crippen LogP contribution < -0.4 is 14.2 Å². The molecule has 0 atom stereocenters. The van der Waals surface area contributed by atoms with Crippen molar-refractivity contribution in [2.24, 2.45) is 5.92 Å². The first-order chi connectivity index (χ1) is 59.0. The molecule has 9 rings (SSSR count). The highest BCUT2D eigenvalue weighted by Gasteiger charge is 2.31. The number of carbonyl (C=O) groups excluding carboxylic acids is 4.